The van der Waals surface area contributed by atoms with E-state index in [9.17, 15) is 0 Å². The summed E-state index contributed by atoms with van der Waals surface area (Å²) in [6.45, 7) is 4.43. The second kappa shape index (κ2) is 10.0. The second-order valence-electron chi connectivity index (χ2n) is 3.03. The van der Waals surface area contributed by atoms with Crippen LogP contribution in [0.15, 0.2) is 0 Å². The summed E-state index contributed by atoms with van der Waals surface area (Å²) in [5, 5.41) is 0. The lowest BCUT2D eigenvalue weighted by atomic mass is 10.1. The van der Waals surface area contributed by atoms with Gasteiger partial charge in [-0.2, -0.15) is 0 Å². The van der Waals surface area contributed by atoms with Gasteiger partial charge in [-0.3, -0.25) is 0 Å². The Bertz CT molecular complexity index is 49.1. The predicted molar refractivity (Wildman–Crippen MR) is 52.3 cm³/mol. The van der Waals surface area contributed by atoms with Crippen molar-refractivity contribution in [2.75, 3.05) is 0 Å². The van der Waals surface area contributed by atoms with Gasteiger partial charge in [-0.15, -0.1) is 0 Å². The van der Waals surface area contributed by atoms with Gasteiger partial charge in [0.15, 0.2) is 0 Å². The molecule has 0 saturated heterocycles. The highest BCUT2D eigenvalue weighted by Gasteiger charge is 1.89. The van der Waals surface area contributed by atoms with Gasteiger partial charge in [-0.25, -0.2) is 0 Å². The smallest absolute Gasteiger partial charge is 0.0389 e. The zero-order chi connectivity index (χ0) is 8.36. The fourth-order valence-electron chi connectivity index (χ4n) is 1.16. The van der Waals surface area contributed by atoms with E-state index >= 15 is 0 Å². The third-order valence-electron chi connectivity index (χ3n) is 1.89. The van der Waals surface area contributed by atoms with Gasteiger partial charge in [0.05, 0.1) is 0 Å². The van der Waals surface area contributed by atoms with E-state index in [1.165, 1.54) is 44.9 Å². The van der Waals surface area contributed by atoms with Crippen molar-refractivity contribution in [2.45, 2.75) is 58.8 Å². The van der Waals surface area contributed by atoms with Gasteiger partial charge in [-0.1, -0.05) is 58.8 Å². The molecule has 0 aromatic carbocycles. The first-order chi connectivity index (χ1) is 5.41. The normalized spacial score (nSPS) is 10.4. The molecule has 0 fully saturated rings. The molecule has 0 unspecified atom stereocenters. The summed E-state index contributed by atoms with van der Waals surface area (Å²) in [6.07, 6.45) is 14.1. The van der Waals surface area contributed by atoms with E-state index in [1.807, 2.05) is 0 Å². The third-order valence-corrected chi connectivity index (χ3v) is 1.89. The van der Waals surface area contributed by atoms with Gasteiger partial charge in [0.1, 0.15) is 0 Å². The van der Waals surface area contributed by atoms with Crippen LogP contribution in [0.4, 0.5) is 0 Å². The molecule has 0 heterocycles. The van der Waals surface area contributed by atoms with Gasteiger partial charge in [0.25, 0.3) is 0 Å². The molecule has 0 amide bonds. The average Bonchev–Trinajstić information content (AvgIpc) is 2.03. The van der Waals surface area contributed by atoms with Gasteiger partial charge in [0, 0.05) is 0 Å². The summed E-state index contributed by atoms with van der Waals surface area (Å²) < 4.78 is 0. The van der Waals surface area contributed by atoms with Crippen molar-refractivity contribution < 1.29 is 0 Å². The van der Waals surface area contributed by atoms with E-state index in [4.69, 9.17) is 0 Å². The first kappa shape index (κ1) is 11.0. The number of hydrogen-bond donors (Lipinski definition) is 0. The summed E-state index contributed by atoms with van der Waals surface area (Å²) in [6, 6.07) is 0. The maximum absolute atomic E-state index is 2.38. The molecule has 0 aromatic heterocycles. The van der Waals surface area contributed by atoms with Crippen LogP contribution >= 0.6 is 0 Å². The summed E-state index contributed by atoms with van der Waals surface area (Å²) in [5.74, 6) is 0. The molecule has 0 atom stereocenters. The summed E-state index contributed by atoms with van der Waals surface area (Å²) in [7, 11) is 0. The Morgan fingerprint density at radius 3 is 1.55 bits per heavy atom. The Balaban J connectivity index is 2.69. The van der Waals surface area contributed by atoms with Gasteiger partial charge >= 0.3 is 0 Å². The van der Waals surface area contributed by atoms with Crippen molar-refractivity contribution in [1.82, 2.24) is 0 Å². The van der Waals surface area contributed by atoms with Crippen LogP contribution in [-0.4, -0.2) is 0 Å². The van der Waals surface area contributed by atoms with Crippen LogP contribution in [0.3, 0.4) is 0 Å². The van der Waals surface area contributed by atoms with Crippen LogP contribution in [0.25, 0.3) is 0 Å². The van der Waals surface area contributed by atoms with Crippen LogP contribution < -0.4 is 0 Å². The van der Waals surface area contributed by atoms with Crippen molar-refractivity contribution in [2.24, 2.45) is 0 Å². The van der Waals surface area contributed by atoms with Gasteiger partial charge < -0.3 is 0 Å². The quantitative estimate of drug-likeness (QED) is 0.460. The van der Waals surface area contributed by atoms with Crippen LogP contribution in [-0.2, 0) is 0 Å². The average molecular weight is 154 g/mol. The first-order valence-electron chi connectivity index (χ1n) is 5.05. The summed E-state index contributed by atoms with van der Waals surface area (Å²) in [5.41, 5.74) is 0. The minimum absolute atomic E-state index is 1.24. The van der Waals surface area contributed by atoms with Crippen molar-refractivity contribution in [3.8, 4) is 0 Å². The molecule has 2 radical (unpaired) electrons. The Hall–Kier alpha value is 0. The molecule has 66 valence electrons. The Kier molecular flexibility index (Phi) is 10.0. The molecule has 0 aromatic rings. The molecule has 0 aliphatic carbocycles. The van der Waals surface area contributed by atoms with Crippen molar-refractivity contribution >= 4 is 0 Å². The number of hydrogen-bond acceptors (Lipinski definition) is 0. The number of unbranched alkanes of at least 4 members (excludes halogenated alkanes) is 8. The molecule has 0 bridgehead atoms. The maximum Gasteiger partial charge on any atom is -0.0389 e. The molecule has 0 aliphatic heterocycles. The fraction of sp³-hybridized carbons (Fsp3) is 0.818. The summed E-state index contributed by atoms with van der Waals surface area (Å²) >= 11 is 0. The lowest BCUT2D eigenvalue weighted by molar-refractivity contribution is 0.654. The molecular weight excluding hydrogens is 132 g/mol. The third kappa shape index (κ3) is 10.0. The fourth-order valence-corrected chi connectivity index (χ4v) is 1.16. The SMILES string of the molecule is CC[CH]CCCCC[CH]CC. The number of rotatable bonds is 8. The first-order valence-corrected chi connectivity index (χ1v) is 5.05. The monoisotopic (exact) mass is 154 g/mol. The largest absolute Gasteiger partial charge is 0.0651 e. The Morgan fingerprint density at radius 2 is 1.18 bits per heavy atom. The highest BCUT2D eigenvalue weighted by molar-refractivity contribution is 4.64. The van der Waals surface area contributed by atoms with Crippen LogP contribution in [0.5, 0.6) is 0 Å². The van der Waals surface area contributed by atoms with Gasteiger partial charge in [0.2, 0.25) is 0 Å². The van der Waals surface area contributed by atoms with E-state index in [0.29, 0.717) is 0 Å². The van der Waals surface area contributed by atoms with Crippen LogP contribution in [0.2, 0.25) is 0 Å². The highest BCUT2D eigenvalue weighted by Crippen LogP contribution is 2.07. The Labute approximate surface area is 72.4 Å². The molecule has 0 N–H and O–H groups in total. The Morgan fingerprint density at radius 1 is 0.727 bits per heavy atom. The van der Waals surface area contributed by atoms with Crippen molar-refractivity contribution in [1.29, 1.82) is 0 Å². The van der Waals surface area contributed by atoms with E-state index in [1.54, 1.807) is 0 Å². The standard InChI is InChI=1S/C11H22/c1-3-5-7-9-11-10-8-6-4-2/h5-6H,3-4,7-11H2,1-2H3. The molecule has 0 heteroatoms. The highest BCUT2D eigenvalue weighted by atomic mass is 13.9. The molecule has 0 saturated carbocycles. The second-order valence-corrected chi connectivity index (χ2v) is 3.03. The van der Waals surface area contributed by atoms with Crippen molar-refractivity contribution in [3.05, 3.63) is 12.8 Å². The minimum Gasteiger partial charge on any atom is -0.0651 e. The summed E-state index contributed by atoms with van der Waals surface area (Å²) in [4.78, 5) is 0. The van der Waals surface area contributed by atoms with E-state index in [2.05, 4.69) is 26.7 Å². The predicted octanol–water partition coefficient (Wildman–Crippen LogP) is 4.17. The van der Waals surface area contributed by atoms with E-state index in [-0.39, 0.29) is 0 Å². The van der Waals surface area contributed by atoms with E-state index in [0.717, 1.165) is 0 Å². The van der Waals surface area contributed by atoms with Crippen LogP contribution in [0.1, 0.15) is 58.8 Å². The topological polar surface area (TPSA) is 0 Å². The minimum atomic E-state index is 1.24. The zero-order valence-electron chi connectivity index (χ0n) is 8.10. The zero-order valence-corrected chi connectivity index (χ0v) is 8.10. The van der Waals surface area contributed by atoms with E-state index < -0.39 is 0 Å². The molecule has 0 nitrogen and oxygen atoms in total. The lowest BCUT2D eigenvalue weighted by Crippen LogP contribution is -1.80. The lowest BCUT2D eigenvalue weighted by Gasteiger charge is -1.98. The molecule has 0 rings (SSSR count). The molecule has 0 spiro atoms. The molecular formula is C11H22. The maximum atomic E-state index is 2.38. The van der Waals surface area contributed by atoms with Crippen LogP contribution in [0, 0.1) is 12.8 Å². The van der Waals surface area contributed by atoms with Gasteiger partial charge in [-0.05, 0) is 12.8 Å². The van der Waals surface area contributed by atoms with Crippen molar-refractivity contribution in [3.63, 3.8) is 0 Å². The molecule has 0 aliphatic rings. The molecule has 11 heavy (non-hydrogen) atoms.